The van der Waals surface area contributed by atoms with Crippen LogP contribution in [0.4, 0.5) is 4.39 Å². The Morgan fingerprint density at radius 3 is 2.09 bits per heavy atom. The topological polar surface area (TPSA) is 49.4 Å². The molecule has 3 aromatic carbocycles. The van der Waals surface area contributed by atoms with E-state index >= 15 is 0 Å². The molecule has 184 valence electrons. The summed E-state index contributed by atoms with van der Waals surface area (Å²) < 4.78 is 13.5. The van der Waals surface area contributed by atoms with Gasteiger partial charge in [0.15, 0.2) is 0 Å². The number of hydrogen-bond acceptors (Lipinski definition) is 2. The van der Waals surface area contributed by atoms with Crippen molar-refractivity contribution in [2.24, 2.45) is 0 Å². The maximum absolute atomic E-state index is 13.6. The lowest BCUT2D eigenvalue weighted by molar-refractivity contribution is -0.141. The molecule has 0 saturated heterocycles. The standard InChI is InChI=1S/C30H35FN2O2/c1-3-20-32-30(35)28(21-25-8-6-5-7-9-25)33(22-26-14-17-27(31)18-15-26)29(34)19-16-24-12-10-23(4-2)11-13-24/h5-15,17-18,28H,3-4,16,19-22H2,1-2H3,(H,32,35)/t28-/m0/s1. The summed E-state index contributed by atoms with van der Waals surface area (Å²) in [6, 6.07) is 23.5. The van der Waals surface area contributed by atoms with Crippen molar-refractivity contribution >= 4 is 11.8 Å². The van der Waals surface area contributed by atoms with Gasteiger partial charge in [0.1, 0.15) is 11.9 Å². The Hall–Kier alpha value is -3.47. The summed E-state index contributed by atoms with van der Waals surface area (Å²) in [5, 5.41) is 2.98. The highest BCUT2D eigenvalue weighted by molar-refractivity contribution is 5.88. The highest BCUT2D eigenvalue weighted by Gasteiger charge is 2.30. The zero-order valence-electron chi connectivity index (χ0n) is 20.7. The summed E-state index contributed by atoms with van der Waals surface area (Å²) in [5.74, 6) is -0.594. The number of carbonyl (C=O) groups excluding carboxylic acids is 2. The number of amides is 2. The first-order chi connectivity index (χ1) is 17.0. The average Bonchev–Trinajstić information content (AvgIpc) is 2.89. The number of halogens is 1. The Labute approximate surface area is 208 Å². The number of nitrogens with zero attached hydrogens (tertiary/aromatic N) is 1. The Morgan fingerprint density at radius 1 is 0.829 bits per heavy atom. The van der Waals surface area contributed by atoms with Crippen LogP contribution in [0.1, 0.15) is 48.9 Å². The third-order valence-electron chi connectivity index (χ3n) is 6.15. The maximum atomic E-state index is 13.6. The van der Waals surface area contributed by atoms with Gasteiger partial charge in [0.05, 0.1) is 0 Å². The number of rotatable bonds is 12. The minimum absolute atomic E-state index is 0.0959. The summed E-state index contributed by atoms with van der Waals surface area (Å²) in [5.41, 5.74) is 4.12. The van der Waals surface area contributed by atoms with Gasteiger partial charge in [0, 0.05) is 25.9 Å². The predicted octanol–water partition coefficient (Wildman–Crippen LogP) is 5.49. The number of nitrogens with one attached hydrogen (secondary N) is 1. The fourth-order valence-corrected chi connectivity index (χ4v) is 4.04. The lowest BCUT2D eigenvalue weighted by Crippen LogP contribution is -2.50. The Morgan fingerprint density at radius 2 is 1.46 bits per heavy atom. The summed E-state index contributed by atoms with van der Waals surface area (Å²) in [6.45, 7) is 4.90. The highest BCUT2D eigenvalue weighted by atomic mass is 19.1. The molecule has 0 aliphatic heterocycles. The zero-order chi connectivity index (χ0) is 25.0. The van der Waals surface area contributed by atoms with Gasteiger partial charge in [-0.05, 0) is 53.6 Å². The van der Waals surface area contributed by atoms with E-state index in [2.05, 4.69) is 36.5 Å². The largest absolute Gasteiger partial charge is 0.354 e. The molecule has 0 bridgehead atoms. The molecule has 0 heterocycles. The van der Waals surface area contributed by atoms with Crippen molar-refractivity contribution in [2.45, 2.75) is 58.5 Å². The van der Waals surface area contributed by atoms with E-state index in [0.29, 0.717) is 25.8 Å². The molecule has 0 aromatic heterocycles. The van der Waals surface area contributed by atoms with Gasteiger partial charge >= 0.3 is 0 Å². The minimum Gasteiger partial charge on any atom is -0.354 e. The van der Waals surface area contributed by atoms with Crippen LogP contribution in [0, 0.1) is 5.82 Å². The van der Waals surface area contributed by atoms with Crippen molar-refractivity contribution < 1.29 is 14.0 Å². The number of carbonyl (C=O) groups is 2. The molecule has 4 nitrogen and oxygen atoms in total. The average molecular weight is 475 g/mol. The van der Waals surface area contributed by atoms with Crippen LogP contribution in [0.2, 0.25) is 0 Å². The van der Waals surface area contributed by atoms with E-state index in [-0.39, 0.29) is 24.2 Å². The van der Waals surface area contributed by atoms with Crippen LogP contribution in [0.3, 0.4) is 0 Å². The van der Waals surface area contributed by atoms with Crippen LogP contribution in [-0.4, -0.2) is 29.3 Å². The number of benzene rings is 3. The van der Waals surface area contributed by atoms with Gasteiger partial charge in [-0.1, -0.05) is 80.6 Å². The summed E-state index contributed by atoms with van der Waals surface area (Å²) in [4.78, 5) is 28.5. The second-order valence-corrected chi connectivity index (χ2v) is 8.81. The normalized spacial score (nSPS) is 11.6. The van der Waals surface area contributed by atoms with E-state index in [1.54, 1.807) is 17.0 Å². The van der Waals surface area contributed by atoms with Crippen LogP contribution in [0.15, 0.2) is 78.9 Å². The van der Waals surface area contributed by atoms with E-state index in [1.165, 1.54) is 17.7 Å². The lowest BCUT2D eigenvalue weighted by Gasteiger charge is -2.31. The quantitative estimate of drug-likeness (QED) is 0.378. The molecule has 3 rings (SSSR count). The molecule has 35 heavy (non-hydrogen) atoms. The van der Waals surface area contributed by atoms with Gasteiger partial charge in [-0.25, -0.2) is 4.39 Å². The van der Waals surface area contributed by atoms with Crippen LogP contribution in [0.5, 0.6) is 0 Å². The molecule has 0 aliphatic rings. The summed E-state index contributed by atoms with van der Waals surface area (Å²) >= 11 is 0. The van der Waals surface area contributed by atoms with Crippen molar-refractivity contribution in [2.75, 3.05) is 6.54 Å². The van der Waals surface area contributed by atoms with Crippen LogP contribution in [0.25, 0.3) is 0 Å². The molecular formula is C30H35FN2O2. The molecule has 1 atom stereocenters. The minimum atomic E-state index is -0.663. The molecular weight excluding hydrogens is 439 g/mol. The molecule has 0 spiro atoms. The van der Waals surface area contributed by atoms with Crippen LogP contribution in [-0.2, 0) is 35.4 Å². The molecule has 0 radical (unpaired) electrons. The maximum Gasteiger partial charge on any atom is 0.243 e. The molecule has 1 N–H and O–H groups in total. The van der Waals surface area contributed by atoms with Crippen molar-refractivity contribution in [3.8, 4) is 0 Å². The van der Waals surface area contributed by atoms with Gasteiger partial charge < -0.3 is 10.2 Å². The third kappa shape index (κ3) is 8.06. The SMILES string of the molecule is CCCNC(=O)[C@H](Cc1ccccc1)N(Cc1ccc(F)cc1)C(=O)CCc1ccc(CC)cc1. The fraction of sp³-hybridized carbons (Fsp3) is 0.333. The zero-order valence-corrected chi connectivity index (χ0v) is 20.7. The Kier molecular flexibility index (Phi) is 10.0. The van der Waals surface area contributed by atoms with Gasteiger partial charge in [-0.2, -0.15) is 0 Å². The van der Waals surface area contributed by atoms with Crippen molar-refractivity contribution in [1.82, 2.24) is 10.2 Å². The fourth-order valence-electron chi connectivity index (χ4n) is 4.04. The first-order valence-corrected chi connectivity index (χ1v) is 12.4. The van der Waals surface area contributed by atoms with Crippen molar-refractivity contribution in [1.29, 1.82) is 0 Å². The van der Waals surface area contributed by atoms with E-state index in [9.17, 15) is 14.0 Å². The molecule has 0 saturated carbocycles. The molecule has 0 fully saturated rings. The number of aryl methyl sites for hydroxylation is 2. The number of hydrogen-bond donors (Lipinski definition) is 1. The van der Waals surface area contributed by atoms with Gasteiger partial charge in [0.2, 0.25) is 11.8 Å². The molecule has 5 heteroatoms. The smallest absolute Gasteiger partial charge is 0.243 e. The summed E-state index contributed by atoms with van der Waals surface area (Å²) in [7, 11) is 0. The third-order valence-corrected chi connectivity index (χ3v) is 6.15. The van der Waals surface area contributed by atoms with E-state index in [4.69, 9.17) is 0 Å². The molecule has 0 unspecified atom stereocenters. The Bertz CT molecular complexity index is 1070. The lowest BCUT2D eigenvalue weighted by atomic mass is 10.0. The van der Waals surface area contributed by atoms with Gasteiger partial charge in [-0.3, -0.25) is 9.59 Å². The Balaban J connectivity index is 1.86. The van der Waals surface area contributed by atoms with E-state index in [0.717, 1.165) is 29.5 Å². The first kappa shape index (κ1) is 26.1. The summed E-state index contributed by atoms with van der Waals surface area (Å²) in [6.07, 6.45) is 3.08. The van der Waals surface area contributed by atoms with Crippen LogP contribution >= 0.6 is 0 Å². The van der Waals surface area contributed by atoms with E-state index in [1.807, 2.05) is 37.3 Å². The van der Waals surface area contributed by atoms with Crippen LogP contribution < -0.4 is 5.32 Å². The first-order valence-electron chi connectivity index (χ1n) is 12.4. The van der Waals surface area contributed by atoms with E-state index < -0.39 is 6.04 Å². The van der Waals surface area contributed by atoms with Crippen molar-refractivity contribution in [3.05, 3.63) is 107 Å². The second-order valence-electron chi connectivity index (χ2n) is 8.81. The molecule has 2 amide bonds. The van der Waals surface area contributed by atoms with Gasteiger partial charge in [-0.15, -0.1) is 0 Å². The predicted molar refractivity (Wildman–Crippen MR) is 138 cm³/mol. The van der Waals surface area contributed by atoms with Crippen molar-refractivity contribution in [3.63, 3.8) is 0 Å². The highest BCUT2D eigenvalue weighted by Crippen LogP contribution is 2.18. The molecule has 3 aromatic rings. The second kappa shape index (κ2) is 13.4. The van der Waals surface area contributed by atoms with Gasteiger partial charge in [0.25, 0.3) is 0 Å². The molecule has 0 aliphatic carbocycles. The monoisotopic (exact) mass is 474 g/mol.